The third kappa shape index (κ3) is 4.03. The first-order valence-electron chi connectivity index (χ1n) is 8.32. The van der Waals surface area contributed by atoms with E-state index in [4.69, 9.17) is 28.3 Å². The van der Waals surface area contributed by atoms with Crippen LogP contribution in [0, 0.1) is 0 Å². The van der Waals surface area contributed by atoms with Gasteiger partial charge >= 0.3 is 11.9 Å². The third-order valence-corrected chi connectivity index (χ3v) is 5.23. The van der Waals surface area contributed by atoms with Crippen LogP contribution < -0.4 is 5.43 Å². The maximum atomic E-state index is 12.6. The van der Waals surface area contributed by atoms with Gasteiger partial charge in [-0.1, -0.05) is 41.4 Å². The number of rotatable bonds is 6. The summed E-state index contributed by atoms with van der Waals surface area (Å²) in [6.07, 6.45) is 1.39. The van der Waals surface area contributed by atoms with Crippen molar-refractivity contribution in [3.63, 3.8) is 0 Å². The Morgan fingerprint density at radius 2 is 1.82 bits per heavy atom. The fraction of sp³-hybridized carbons (Fsp3) is 0.150. The molecule has 8 heteroatoms. The van der Waals surface area contributed by atoms with Crippen LogP contribution in [-0.4, -0.2) is 26.7 Å². The Bertz CT molecular complexity index is 1150. The molecule has 2 aromatic carbocycles. The molecule has 2 N–H and O–H groups in total. The number of carboxylic acids is 2. The maximum Gasteiger partial charge on any atom is 0.341 e. The number of aromatic carboxylic acids is 1. The second-order valence-electron chi connectivity index (χ2n) is 6.26. The first kappa shape index (κ1) is 19.9. The molecule has 0 aliphatic rings. The molecule has 0 amide bonds. The molecule has 0 fully saturated rings. The van der Waals surface area contributed by atoms with Gasteiger partial charge in [0, 0.05) is 18.1 Å². The summed E-state index contributed by atoms with van der Waals surface area (Å²) in [4.78, 5) is 35.0. The van der Waals surface area contributed by atoms with E-state index in [9.17, 15) is 19.5 Å². The van der Waals surface area contributed by atoms with Gasteiger partial charge in [0.25, 0.3) is 0 Å². The highest BCUT2D eigenvalue weighted by atomic mass is 35.5. The van der Waals surface area contributed by atoms with Crippen LogP contribution in [-0.2, 0) is 17.8 Å². The third-order valence-electron chi connectivity index (χ3n) is 4.37. The summed E-state index contributed by atoms with van der Waals surface area (Å²) in [5, 5.41) is 19.3. The van der Waals surface area contributed by atoms with Gasteiger partial charge in [-0.25, -0.2) is 4.79 Å². The summed E-state index contributed by atoms with van der Waals surface area (Å²) in [5.74, 6) is -2.38. The predicted octanol–water partition coefficient (Wildman–Crippen LogP) is 4.07. The minimum atomic E-state index is -1.36. The molecule has 3 rings (SSSR count). The van der Waals surface area contributed by atoms with Gasteiger partial charge in [0.1, 0.15) is 5.56 Å². The van der Waals surface area contributed by atoms with E-state index >= 15 is 0 Å². The molecule has 0 aliphatic carbocycles. The van der Waals surface area contributed by atoms with E-state index in [-0.39, 0.29) is 18.4 Å². The Morgan fingerprint density at radius 1 is 1.07 bits per heavy atom. The van der Waals surface area contributed by atoms with Crippen molar-refractivity contribution >= 4 is 46.0 Å². The predicted molar refractivity (Wildman–Crippen MR) is 107 cm³/mol. The lowest BCUT2D eigenvalue weighted by Crippen LogP contribution is -2.19. The summed E-state index contributed by atoms with van der Waals surface area (Å²) in [5.41, 5.74) is 0.969. The number of hydrogen-bond donors (Lipinski definition) is 2. The largest absolute Gasteiger partial charge is 0.481 e. The summed E-state index contributed by atoms with van der Waals surface area (Å²) in [7, 11) is 0. The van der Waals surface area contributed by atoms with Crippen molar-refractivity contribution in [3.8, 4) is 0 Å². The monoisotopic (exact) mass is 419 g/mol. The zero-order chi connectivity index (χ0) is 20.4. The van der Waals surface area contributed by atoms with Gasteiger partial charge in [0.05, 0.1) is 22.0 Å². The second kappa shape index (κ2) is 8.04. The van der Waals surface area contributed by atoms with E-state index in [1.165, 1.54) is 10.8 Å². The van der Waals surface area contributed by atoms with Crippen LogP contribution in [0.25, 0.3) is 10.9 Å². The maximum absolute atomic E-state index is 12.6. The Hall–Kier alpha value is -2.83. The highest BCUT2D eigenvalue weighted by Gasteiger charge is 2.16. The van der Waals surface area contributed by atoms with E-state index in [0.717, 1.165) is 11.1 Å². The lowest BCUT2D eigenvalue weighted by atomic mass is 10.0. The number of carbonyl (C=O) groups is 2. The zero-order valence-electron chi connectivity index (χ0n) is 14.5. The Morgan fingerprint density at radius 3 is 2.50 bits per heavy atom. The van der Waals surface area contributed by atoms with Crippen LogP contribution in [0.3, 0.4) is 0 Å². The molecule has 0 radical (unpaired) electrons. The van der Waals surface area contributed by atoms with Crippen molar-refractivity contribution in [1.82, 2.24) is 4.57 Å². The fourth-order valence-corrected chi connectivity index (χ4v) is 3.40. The lowest BCUT2D eigenvalue weighted by molar-refractivity contribution is -0.137. The molecule has 0 saturated heterocycles. The molecular weight excluding hydrogens is 405 g/mol. The zero-order valence-corrected chi connectivity index (χ0v) is 16.0. The lowest BCUT2D eigenvalue weighted by Gasteiger charge is -2.13. The molecule has 28 heavy (non-hydrogen) atoms. The summed E-state index contributed by atoms with van der Waals surface area (Å²) >= 11 is 12.3. The number of pyridine rings is 1. The first-order chi connectivity index (χ1) is 13.3. The molecular formula is C20H15Cl2NO5. The van der Waals surface area contributed by atoms with Gasteiger partial charge < -0.3 is 14.8 Å². The Labute approximate surface area is 169 Å². The number of hydrogen-bond acceptors (Lipinski definition) is 3. The van der Waals surface area contributed by atoms with Gasteiger partial charge in [0.15, 0.2) is 0 Å². The molecule has 0 atom stereocenters. The standard InChI is InChI=1S/C20H15Cl2NO5/c21-15-3-1-2-12(18(15)22)8-11-4-5-16-13(9-11)19(26)14(20(27)28)10-23(16)7-6-17(24)25/h1-5,9-10H,6-8H2,(H,24,25)(H,27,28). The number of aliphatic carboxylic acids is 1. The number of aromatic nitrogens is 1. The summed E-state index contributed by atoms with van der Waals surface area (Å²) in [6.45, 7) is 0.0475. The normalized spacial score (nSPS) is 10.9. The van der Waals surface area contributed by atoms with Gasteiger partial charge in [-0.2, -0.15) is 0 Å². The average Bonchev–Trinajstić information content (AvgIpc) is 2.65. The number of fused-ring (bicyclic) bond motifs is 1. The molecule has 3 aromatic rings. The molecule has 6 nitrogen and oxygen atoms in total. The van der Waals surface area contributed by atoms with Crippen LogP contribution in [0.4, 0.5) is 0 Å². The van der Waals surface area contributed by atoms with Gasteiger partial charge in [0.2, 0.25) is 5.43 Å². The molecule has 0 saturated carbocycles. The quantitative estimate of drug-likeness (QED) is 0.627. The molecule has 0 bridgehead atoms. The smallest absolute Gasteiger partial charge is 0.341 e. The van der Waals surface area contributed by atoms with E-state index in [1.54, 1.807) is 30.3 Å². The van der Waals surface area contributed by atoms with Gasteiger partial charge in [-0.15, -0.1) is 0 Å². The number of halogens is 2. The molecule has 1 heterocycles. The first-order valence-corrected chi connectivity index (χ1v) is 9.07. The Kier molecular flexibility index (Phi) is 5.72. The molecule has 0 spiro atoms. The highest BCUT2D eigenvalue weighted by molar-refractivity contribution is 6.42. The van der Waals surface area contributed by atoms with E-state index in [0.29, 0.717) is 22.0 Å². The summed E-state index contributed by atoms with van der Waals surface area (Å²) in [6, 6.07) is 10.3. The van der Waals surface area contributed by atoms with Crippen molar-refractivity contribution in [3.05, 3.63) is 79.6 Å². The van der Waals surface area contributed by atoms with Crippen LogP contribution in [0.1, 0.15) is 27.9 Å². The van der Waals surface area contributed by atoms with Crippen LogP contribution >= 0.6 is 23.2 Å². The minimum Gasteiger partial charge on any atom is -0.481 e. The summed E-state index contributed by atoms with van der Waals surface area (Å²) < 4.78 is 1.48. The van der Waals surface area contributed by atoms with Crippen molar-refractivity contribution in [2.24, 2.45) is 0 Å². The van der Waals surface area contributed by atoms with Crippen molar-refractivity contribution in [2.45, 2.75) is 19.4 Å². The number of carboxylic acid groups (broad SMARTS) is 2. The molecule has 0 aliphatic heterocycles. The second-order valence-corrected chi connectivity index (χ2v) is 7.04. The van der Waals surface area contributed by atoms with Crippen LogP contribution in [0.2, 0.25) is 10.0 Å². The average molecular weight is 420 g/mol. The number of aryl methyl sites for hydroxylation is 1. The van der Waals surface area contributed by atoms with Crippen LogP contribution in [0.15, 0.2) is 47.4 Å². The fourth-order valence-electron chi connectivity index (χ4n) is 3.01. The molecule has 0 unspecified atom stereocenters. The molecule has 1 aromatic heterocycles. The SMILES string of the molecule is O=C(O)CCn1cc(C(=O)O)c(=O)c2cc(Cc3cccc(Cl)c3Cl)ccc21. The van der Waals surface area contributed by atoms with Gasteiger partial charge in [-0.3, -0.25) is 9.59 Å². The van der Waals surface area contributed by atoms with Gasteiger partial charge in [-0.05, 0) is 35.7 Å². The highest BCUT2D eigenvalue weighted by Crippen LogP contribution is 2.28. The van der Waals surface area contributed by atoms with E-state index < -0.39 is 22.9 Å². The Balaban J connectivity index is 2.12. The molecule has 144 valence electrons. The van der Waals surface area contributed by atoms with Crippen molar-refractivity contribution in [1.29, 1.82) is 0 Å². The number of nitrogens with zero attached hydrogens (tertiary/aromatic N) is 1. The van der Waals surface area contributed by atoms with E-state index in [1.807, 2.05) is 6.07 Å². The van der Waals surface area contributed by atoms with E-state index in [2.05, 4.69) is 0 Å². The topological polar surface area (TPSA) is 96.6 Å². The number of benzene rings is 2. The minimum absolute atomic E-state index is 0.0475. The van der Waals surface area contributed by atoms with Crippen molar-refractivity contribution in [2.75, 3.05) is 0 Å². The van der Waals surface area contributed by atoms with Crippen LogP contribution in [0.5, 0.6) is 0 Å². The van der Waals surface area contributed by atoms with Crippen molar-refractivity contribution < 1.29 is 19.8 Å².